The molecule has 1 aliphatic heterocycles. The average Bonchev–Trinajstić information content (AvgIpc) is 2.91. The van der Waals surface area contributed by atoms with Crippen molar-refractivity contribution in [2.45, 2.75) is 26.6 Å². The summed E-state index contributed by atoms with van der Waals surface area (Å²) in [6.07, 6.45) is 0. The van der Waals surface area contributed by atoms with Crippen LogP contribution < -0.4 is 25.3 Å². The van der Waals surface area contributed by atoms with Gasteiger partial charge in [0.15, 0.2) is 11.5 Å². The molecule has 0 radical (unpaired) electrons. The highest BCUT2D eigenvalue weighted by atomic mass is 16.5. The lowest BCUT2D eigenvalue weighted by atomic mass is 10.1. The molecule has 192 valence electrons. The van der Waals surface area contributed by atoms with Crippen LogP contribution in [-0.2, 0) is 24.4 Å². The van der Waals surface area contributed by atoms with Crippen molar-refractivity contribution in [1.29, 1.82) is 0 Å². The van der Waals surface area contributed by atoms with Crippen molar-refractivity contribution in [1.82, 2.24) is 18.9 Å². The Morgan fingerprint density at radius 1 is 0.806 bits per heavy atom. The van der Waals surface area contributed by atoms with E-state index in [0.29, 0.717) is 67.6 Å². The molecule has 1 fully saturated rings. The summed E-state index contributed by atoms with van der Waals surface area (Å²) < 4.78 is 19.2. The predicted molar refractivity (Wildman–Crippen MR) is 136 cm³/mol. The maximum atomic E-state index is 13.1. The van der Waals surface area contributed by atoms with E-state index < -0.39 is 11.1 Å². The first-order valence-corrected chi connectivity index (χ1v) is 11.9. The van der Waals surface area contributed by atoms with Gasteiger partial charge in [-0.15, -0.1) is 0 Å². The molecular formula is C26H32N4O6. The molecule has 3 aromatic rings. The van der Waals surface area contributed by atoms with Crippen LogP contribution in [0.3, 0.4) is 0 Å². The van der Waals surface area contributed by atoms with Gasteiger partial charge in [0.1, 0.15) is 6.54 Å². The summed E-state index contributed by atoms with van der Waals surface area (Å²) in [5.41, 5.74) is 0.896. The number of fused-ring (bicyclic) bond motifs is 1. The van der Waals surface area contributed by atoms with E-state index in [0.717, 1.165) is 5.56 Å². The van der Waals surface area contributed by atoms with Gasteiger partial charge in [0.05, 0.1) is 32.4 Å². The van der Waals surface area contributed by atoms with Gasteiger partial charge < -0.3 is 23.7 Å². The molecule has 0 N–H and O–H groups in total. The fourth-order valence-corrected chi connectivity index (χ4v) is 4.76. The highest BCUT2D eigenvalue weighted by molar-refractivity contribution is 5.80. The van der Waals surface area contributed by atoms with Crippen molar-refractivity contribution >= 4 is 16.9 Å². The summed E-state index contributed by atoms with van der Waals surface area (Å²) in [5.74, 6) is 1.60. The van der Waals surface area contributed by atoms with Crippen molar-refractivity contribution in [2.75, 3.05) is 47.5 Å². The molecule has 1 saturated heterocycles. The number of ether oxygens (including phenoxy) is 3. The minimum atomic E-state index is -0.678. The molecular weight excluding hydrogens is 464 g/mol. The van der Waals surface area contributed by atoms with Crippen molar-refractivity contribution in [3.63, 3.8) is 0 Å². The first kappa shape index (κ1) is 25.3. The molecule has 0 saturated carbocycles. The second kappa shape index (κ2) is 10.9. The number of hydrogen-bond acceptors (Lipinski definition) is 7. The monoisotopic (exact) mass is 496 g/mol. The van der Waals surface area contributed by atoms with Crippen LogP contribution in [0.25, 0.3) is 11.0 Å². The molecule has 0 spiro atoms. The van der Waals surface area contributed by atoms with Gasteiger partial charge in [-0.05, 0) is 25.1 Å². The zero-order valence-corrected chi connectivity index (χ0v) is 21.2. The van der Waals surface area contributed by atoms with E-state index in [4.69, 9.17) is 14.2 Å². The molecule has 4 rings (SSSR count). The molecule has 0 unspecified atom stereocenters. The number of nitrogens with zero attached hydrogens (tertiary/aromatic N) is 4. The highest BCUT2D eigenvalue weighted by Gasteiger charge is 2.25. The Balaban J connectivity index is 1.47. The first-order chi connectivity index (χ1) is 17.4. The van der Waals surface area contributed by atoms with Crippen LogP contribution in [0.2, 0.25) is 0 Å². The fourth-order valence-electron chi connectivity index (χ4n) is 4.76. The summed E-state index contributed by atoms with van der Waals surface area (Å²) in [6.45, 7) is 5.04. The zero-order chi connectivity index (χ0) is 25.8. The zero-order valence-electron chi connectivity index (χ0n) is 21.2. The number of para-hydroxylation sites is 2. The highest BCUT2D eigenvalue weighted by Crippen LogP contribution is 2.40. The van der Waals surface area contributed by atoms with Gasteiger partial charge in [0, 0.05) is 44.8 Å². The Morgan fingerprint density at radius 2 is 1.42 bits per heavy atom. The van der Waals surface area contributed by atoms with E-state index >= 15 is 0 Å². The molecule has 10 nitrogen and oxygen atoms in total. The maximum absolute atomic E-state index is 13.1. The first-order valence-electron chi connectivity index (χ1n) is 11.9. The molecule has 36 heavy (non-hydrogen) atoms. The number of aromatic nitrogens is 2. The second-order valence-corrected chi connectivity index (χ2v) is 8.58. The van der Waals surface area contributed by atoms with Crippen molar-refractivity contribution in [3.8, 4) is 17.2 Å². The topological polar surface area (TPSA) is 95.2 Å². The molecule has 0 bridgehead atoms. The van der Waals surface area contributed by atoms with Gasteiger partial charge in [-0.25, -0.2) is 0 Å². The third kappa shape index (κ3) is 4.68. The Labute approximate surface area is 209 Å². The Hall–Kier alpha value is -3.79. The SMILES string of the molecule is CCn1c(=O)c(=O)n(CC(=O)N2CCN(Cc3ccc(OC)c(OC)c3OC)CC2)c2ccccc21. The van der Waals surface area contributed by atoms with Crippen LogP contribution in [0.15, 0.2) is 46.0 Å². The van der Waals surface area contributed by atoms with E-state index in [2.05, 4.69) is 4.90 Å². The molecule has 10 heteroatoms. The standard InChI is InChI=1S/C26H32N4O6/c1-5-29-19-8-6-7-9-20(19)30(26(33)25(29)32)17-22(31)28-14-12-27(13-15-28)16-18-10-11-21(34-2)24(36-4)23(18)35-3/h6-11H,5,12-17H2,1-4H3. The number of benzene rings is 2. The van der Waals surface area contributed by atoms with Crippen LogP contribution in [0.5, 0.6) is 17.2 Å². The quantitative estimate of drug-likeness (QED) is 0.437. The number of piperazine rings is 1. The number of hydrogen-bond donors (Lipinski definition) is 0. The Morgan fingerprint density at radius 3 is 2.00 bits per heavy atom. The summed E-state index contributed by atoms with van der Waals surface area (Å²) in [7, 11) is 4.76. The molecule has 2 aromatic carbocycles. The number of aryl methyl sites for hydroxylation is 1. The van der Waals surface area contributed by atoms with Crippen LogP contribution in [0, 0.1) is 0 Å². The summed E-state index contributed by atoms with van der Waals surface area (Å²) in [4.78, 5) is 42.5. The van der Waals surface area contributed by atoms with Gasteiger partial charge in [0.2, 0.25) is 11.7 Å². The van der Waals surface area contributed by atoms with Crippen LogP contribution in [0.1, 0.15) is 12.5 Å². The Kier molecular flexibility index (Phi) is 7.64. The molecule has 1 aliphatic rings. The van der Waals surface area contributed by atoms with Crippen molar-refractivity contribution < 1.29 is 19.0 Å². The van der Waals surface area contributed by atoms with Gasteiger partial charge in [-0.3, -0.25) is 23.9 Å². The van der Waals surface area contributed by atoms with Gasteiger partial charge in [0.25, 0.3) is 0 Å². The van der Waals surface area contributed by atoms with Crippen LogP contribution >= 0.6 is 0 Å². The van der Waals surface area contributed by atoms with Crippen LogP contribution in [0.4, 0.5) is 0 Å². The summed E-state index contributed by atoms with van der Waals surface area (Å²) >= 11 is 0. The van der Waals surface area contributed by atoms with Crippen molar-refractivity contribution in [3.05, 3.63) is 62.7 Å². The van der Waals surface area contributed by atoms with E-state index in [1.807, 2.05) is 25.1 Å². The third-order valence-electron chi connectivity index (χ3n) is 6.65. The van der Waals surface area contributed by atoms with Gasteiger partial charge in [-0.2, -0.15) is 0 Å². The molecule has 0 atom stereocenters. The van der Waals surface area contributed by atoms with E-state index in [-0.39, 0.29) is 12.5 Å². The minimum Gasteiger partial charge on any atom is -0.493 e. The number of carbonyl (C=O) groups is 1. The molecule has 1 amide bonds. The minimum absolute atomic E-state index is 0.164. The smallest absolute Gasteiger partial charge is 0.317 e. The van der Waals surface area contributed by atoms with Crippen molar-refractivity contribution in [2.24, 2.45) is 0 Å². The molecule has 1 aromatic heterocycles. The van der Waals surface area contributed by atoms with E-state index in [1.54, 1.807) is 44.4 Å². The van der Waals surface area contributed by atoms with E-state index in [1.165, 1.54) is 9.13 Å². The lowest BCUT2D eigenvalue weighted by molar-refractivity contribution is -0.133. The lowest BCUT2D eigenvalue weighted by Crippen LogP contribution is -2.50. The maximum Gasteiger partial charge on any atom is 0.317 e. The molecule has 0 aliphatic carbocycles. The third-order valence-corrected chi connectivity index (χ3v) is 6.65. The van der Waals surface area contributed by atoms with Crippen LogP contribution in [-0.4, -0.2) is 72.3 Å². The van der Waals surface area contributed by atoms with Gasteiger partial charge >= 0.3 is 11.1 Å². The molecule has 2 heterocycles. The van der Waals surface area contributed by atoms with E-state index in [9.17, 15) is 14.4 Å². The average molecular weight is 497 g/mol. The fraction of sp³-hybridized carbons (Fsp3) is 0.423. The summed E-state index contributed by atoms with van der Waals surface area (Å²) in [6, 6.07) is 11.0. The largest absolute Gasteiger partial charge is 0.493 e. The summed E-state index contributed by atoms with van der Waals surface area (Å²) in [5, 5.41) is 0. The lowest BCUT2D eigenvalue weighted by Gasteiger charge is -2.35. The number of amides is 1. The number of carbonyl (C=O) groups excluding carboxylic acids is 1. The second-order valence-electron chi connectivity index (χ2n) is 8.58. The van der Waals surface area contributed by atoms with Gasteiger partial charge in [-0.1, -0.05) is 18.2 Å². The normalized spacial score (nSPS) is 14.2. The number of methoxy groups -OCH3 is 3. The predicted octanol–water partition coefficient (Wildman–Crippen LogP) is 1.55. The Bertz CT molecular complexity index is 1370. The number of rotatable bonds is 8.